The van der Waals surface area contributed by atoms with Gasteiger partial charge in [-0.2, -0.15) is 0 Å². The summed E-state index contributed by atoms with van der Waals surface area (Å²) >= 11 is 5.63. The molecule has 0 aromatic carbocycles. The van der Waals surface area contributed by atoms with E-state index in [2.05, 4.69) is 10.3 Å². The van der Waals surface area contributed by atoms with Gasteiger partial charge in [-0.3, -0.25) is 10.1 Å². The first-order chi connectivity index (χ1) is 8.44. The van der Waals surface area contributed by atoms with Crippen molar-refractivity contribution >= 4 is 29.1 Å². The summed E-state index contributed by atoms with van der Waals surface area (Å²) in [4.78, 5) is 25.2. The molecule has 0 spiro atoms. The van der Waals surface area contributed by atoms with Crippen molar-refractivity contribution in [1.82, 2.24) is 4.98 Å². The second-order valence-electron chi connectivity index (χ2n) is 4.14. The average Bonchev–Trinajstić information content (AvgIpc) is 2.24. The van der Waals surface area contributed by atoms with Crippen LogP contribution in [-0.2, 0) is 4.79 Å². The quantitative estimate of drug-likeness (QED) is 0.641. The van der Waals surface area contributed by atoms with Crippen molar-refractivity contribution in [1.29, 1.82) is 0 Å². The molecule has 0 amide bonds. The molecule has 0 bridgehead atoms. The molecule has 0 aliphatic heterocycles. The van der Waals surface area contributed by atoms with Gasteiger partial charge in [-0.15, -0.1) is 0 Å². The van der Waals surface area contributed by atoms with Crippen LogP contribution in [0.1, 0.15) is 19.3 Å². The molecule has 1 saturated carbocycles. The molecule has 18 heavy (non-hydrogen) atoms. The molecule has 0 saturated heterocycles. The van der Waals surface area contributed by atoms with Crippen molar-refractivity contribution in [2.45, 2.75) is 24.8 Å². The first-order valence-electron chi connectivity index (χ1n) is 5.26. The average molecular weight is 272 g/mol. The zero-order chi connectivity index (χ0) is 13.3. The highest BCUT2D eigenvalue weighted by atomic mass is 35.5. The zero-order valence-corrected chi connectivity index (χ0v) is 9.98. The summed E-state index contributed by atoms with van der Waals surface area (Å²) < 4.78 is 0. The van der Waals surface area contributed by atoms with Gasteiger partial charge in [-0.05, 0) is 19.3 Å². The van der Waals surface area contributed by atoms with E-state index in [1.165, 1.54) is 6.20 Å². The summed E-state index contributed by atoms with van der Waals surface area (Å²) in [5.41, 5.74) is -1.47. The van der Waals surface area contributed by atoms with Gasteiger partial charge in [0.1, 0.15) is 5.54 Å². The number of aromatic nitrogens is 1. The van der Waals surface area contributed by atoms with E-state index in [0.717, 1.165) is 12.5 Å². The lowest BCUT2D eigenvalue weighted by molar-refractivity contribution is -0.384. The maximum atomic E-state index is 11.2. The second-order valence-corrected chi connectivity index (χ2v) is 4.58. The number of halogens is 1. The number of nitrogens with one attached hydrogen (secondary N) is 1. The Morgan fingerprint density at radius 3 is 2.72 bits per heavy atom. The molecule has 0 atom stereocenters. The Balaban J connectivity index is 2.34. The number of aliphatic carboxylic acids is 1. The Kier molecular flexibility index (Phi) is 3.08. The number of hydrogen-bond donors (Lipinski definition) is 2. The third-order valence-corrected chi connectivity index (χ3v) is 3.21. The number of rotatable bonds is 4. The number of carboxylic acid groups (broad SMARTS) is 1. The third-order valence-electron chi connectivity index (χ3n) is 3.01. The molecular formula is C10H10ClN3O4. The molecule has 1 aromatic rings. The Morgan fingerprint density at radius 2 is 2.28 bits per heavy atom. The maximum absolute atomic E-state index is 11.2. The summed E-state index contributed by atoms with van der Waals surface area (Å²) in [5.74, 6) is -1.09. The molecule has 7 nitrogen and oxygen atoms in total. The summed E-state index contributed by atoms with van der Waals surface area (Å²) in [5, 5.41) is 22.8. The Hall–Kier alpha value is -1.89. The molecule has 2 rings (SSSR count). The van der Waals surface area contributed by atoms with E-state index >= 15 is 0 Å². The summed E-state index contributed by atoms with van der Waals surface area (Å²) in [6.45, 7) is 0. The van der Waals surface area contributed by atoms with Crippen molar-refractivity contribution in [2.24, 2.45) is 0 Å². The normalized spacial score (nSPS) is 16.7. The van der Waals surface area contributed by atoms with Gasteiger partial charge >= 0.3 is 11.7 Å². The van der Waals surface area contributed by atoms with E-state index < -0.39 is 16.4 Å². The topological polar surface area (TPSA) is 105 Å². The van der Waals surface area contributed by atoms with Crippen LogP contribution in [0.3, 0.4) is 0 Å². The van der Waals surface area contributed by atoms with Gasteiger partial charge in [0.15, 0.2) is 0 Å². The van der Waals surface area contributed by atoms with Crippen LogP contribution in [0.2, 0.25) is 5.02 Å². The fraction of sp³-hybridized carbons (Fsp3) is 0.400. The number of nitro groups is 1. The molecule has 1 aliphatic carbocycles. The first-order valence-corrected chi connectivity index (χ1v) is 5.64. The van der Waals surface area contributed by atoms with Gasteiger partial charge in [-0.1, -0.05) is 11.6 Å². The van der Waals surface area contributed by atoms with E-state index in [1.54, 1.807) is 0 Å². The van der Waals surface area contributed by atoms with E-state index in [-0.39, 0.29) is 16.5 Å². The van der Waals surface area contributed by atoms with Crippen molar-refractivity contribution in [3.63, 3.8) is 0 Å². The van der Waals surface area contributed by atoms with Crippen molar-refractivity contribution < 1.29 is 14.8 Å². The Bertz CT molecular complexity index is 516. The SMILES string of the molecule is O=C(O)C1(Nc2ncc(Cl)cc2[N+](=O)[O-])CCC1. The number of hydrogen-bond acceptors (Lipinski definition) is 5. The number of carbonyl (C=O) groups is 1. The van der Waals surface area contributed by atoms with Crippen LogP contribution in [0.25, 0.3) is 0 Å². The molecule has 1 fully saturated rings. The molecular weight excluding hydrogens is 262 g/mol. The summed E-state index contributed by atoms with van der Waals surface area (Å²) in [6, 6.07) is 1.14. The van der Waals surface area contributed by atoms with Crippen molar-refractivity contribution in [3.05, 3.63) is 27.4 Å². The number of anilines is 1. The third kappa shape index (κ3) is 2.08. The largest absolute Gasteiger partial charge is 0.480 e. The smallest absolute Gasteiger partial charge is 0.329 e. The summed E-state index contributed by atoms with van der Waals surface area (Å²) in [7, 11) is 0. The predicted molar refractivity (Wildman–Crippen MR) is 63.7 cm³/mol. The molecule has 2 N–H and O–H groups in total. The number of nitrogens with zero attached hydrogens (tertiary/aromatic N) is 2. The molecule has 0 radical (unpaired) electrons. The van der Waals surface area contributed by atoms with Crippen molar-refractivity contribution in [3.8, 4) is 0 Å². The molecule has 1 aromatic heterocycles. The maximum Gasteiger partial charge on any atom is 0.329 e. The highest BCUT2D eigenvalue weighted by Gasteiger charge is 2.45. The van der Waals surface area contributed by atoms with Crippen LogP contribution in [0.4, 0.5) is 11.5 Å². The van der Waals surface area contributed by atoms with E-state index in [9.17, 15) is 14.9 Å². The van der Waals surface area contributed by atoms with Crippen LogP contribution in [0.5, 0.6) is 0 Å². The predicted octanol–water partition coefficient (Wildman–Crippen LogP) is 2.06. The molecule has 96 valence electrons. The lowest BCUT2D eigenvalue weighted by atomic mass is 9.77. The fourth-order valence-corrected chi connectivity index (χ4v) is 1.97. The monoisotopic (exact) mass is 271 g/mol. The highest BCUT2D eigenvalue weighted by Crippen LogP contribution is 2.37. The minimum absolute atomic E-state index is 0.0634. The van der Waals surface area contributed by atoms with Gasteiger partial charge < -0.3 is 10.4 Å². The van der Waals surface area contributed by atoms with Crippen LogP contribution < -0.4 is 5.32 Å². The van der Waals surface area contributed by atoms with Gasteiger partial charge in [0.25, 0.3) is 0 Å². The minimum atomic E-state index is -1.15. The molecule has 1 aliphatic rings. The van der Waals surface area contributed by atoms with E-state index in [4.69, 9.17) is 16.7 Å². The van der Waals surface area contributed by atoms with Crippen LogP contribution in [-0.4, -0.2) is 26.5 Å². The number of pyridine rings is 1. The molecule has 0 unspecified atom stereocenters. The van der Waals surface area contributed by atoms with Crippen LogP contribution in [0, 0.1) is 10.1 Å². The van der Waals surface area contributed by atoms with Gasteiger partial charge in [0.2, 0.25) is 5.82 Å². The molecule has 1 heterocycles. The van der Waals surface area contributed by atoms with Gasteiger partial charge in [0, 0.05) is 12.3 Å². The highest BCUT2D eigenvalue weighted by molar-refractivity contribution is 6.30. The van der Waals surface area contributed by atoms with E-state index in [1.807, 2.05) is 0 Å². The summed E-state index contributed by atoms with van der Waals surface area (Å²) in [6.07, 6.45) is 2.85. The van der Waals surface area contributed by atoms with Crippen LogP contribution in [0.15, 0.2) is 12.3 Å². The van der Waals surface area contributed by atoms with Gasteiger partial charge in [0.05, 0.1) is 9.95 Å². The second kappa shape index (κ2) is 4.41. The van der Waals surface area contributed by atoms with Crippen molar-refractivity contribution in [2.75, 3.05) is 5.32 Å². The number of carboxylic acids is 1. The zero-order valence-electron chi connectivity index (χ0n) is 9.22. The van der Waals surface area contributed by atoms with Crippen LogP contribution >= 0.6 is 11.6 Å². The Morgan fingerprint density at radius 1 is 1.61 bits per heavy atom. The molecule has 8 heteroatoms. The van der Waals surface area contributed by atoms with E-state index in [0.29, 0.717) is 12.8 Å². The fourth-order valence-electron chi connectivity index (χ4n) is 1.81. The van der Waals surface area contributed by atoms with Gasteiger partial charge in [-0.25, -0.2) is 9.78 Å². The lowest BCUT2D eigenvalue weighted by Crippen LogP contribution is -2.52. The lowest BCUT2D eigenvalue weighted by Gasteiger charge is -2.38. The Labute approximate surface area is 107 Å². The first kappa shape index (κ1) is 12.6. The standard InChI is InChI=1S/C10H10ClN3O4/c11-6-4-7(14(17)18)8(12-5-6)13-10(9(15)16)2-1-3-10/h4-5H,1-3H2,(H,12,13)(H,15,16). The minimum Gasteiger partial charge on any atom is -0.480 e.